The van der Waals surface area contributed by atoms with E-state index in [0.29, 0.717) is 16.5 Å². The highest BCUT2D eigenvalue weighted by Gasteiger charge is 2.25. The zero-order valence-electron chi connectivity index (χ0n) is 11.4. The minimum absolute atomic E-state index is 0.0220. The van der Waals surface area contributed by atoms with Crippen molar-refractivity contribution in [2.75, 3.05) is 31.9 Å². The molecule has 0 aliphatic carbocycles. The lowest BCUT2D eigenvalue weighted by Gasteiger charge is -2.13. The van der Waals surface area contributed by atoms with Gasteiger partial charge in [0.05, 0.1) is 24.3 Å². The van der Waals surface area contributed by atoms with Crippen LogP contribution < -0.4 is 11.1 Å². The number of hydrogen-bond acceptors (Lipinski definition) is 7. The zero-order valence-corrected chi connectivity index (χ0v) is 12.2. The van der Waals surface area contributed by atoms with E-state index in [-0.39, 0.29) is 23.1 Å². The zero-order chi connectivity index (χ0) is 14.6. The number of nitrogens with two attached hydrogens (primary N) is 1. The van der Waals surface area contributed by atoms with Crippen LogP contribution in [0.15, 0.2) is 0 Å². The van der Waals surface area contributed by atoms with Gasteiger partial charge in [0.25, 0.3) is 0 Å². The van der Waals surface area contributed by atoms with E-state index in [9.17, 15) is 9.59 Å². The molecule has 0 spiro atoms. The number of Topliss-reactive ketones (excluding diaryl/α,β-unsaturated/α-hetero) is 1. The molecule has 6 nitrogen and oxygen atoms in total. The van der Waals surface area contributed by atoms with Gasteiger partial charge >= 0.3 is 5.97 Å². The minimum Gasteiger partial charge on any atom is -0.465 e. The number of rotatable bonds is 6. The van der Waals surface area contributed by atoms with Gasteiger partial charge < -0.3 is 20.5 Å². The van der Waals surface area contributed by atoms with Crippen LogP contribution in [0.5, 0.6) is 0 Å². The Bertz CT molecular complexity index is 484. The first kappa shape index (κ1) is 15.5. The topological polar surface area (TPSA) is 90.6 Å². The molecule has 1 aromatic rings. The van der Waals surface area contributed by atoms with Crippen LogP contribution in [-0.4, -0.2) is 38.6 Å². The SMILES string of the molecule is COCC(C)Nc1sc(C(C)=O)c(N)c1C(=O)OC. The fourth-order valence-corrected chi connectivity index (χ4v) is 2.74. The molecule has 0 fully saturated rings. The number of carbonyl (C=O) groups excluding carboxylic acids is 2. The monoisotopic (exact) mass is 286 g/mol. The minimum atomic E-state index is -0.562. The van der Waals surface area contributed by atoms with E-state index in [0.717, 1.165) is 11.3 Å². The number of anilines is 2. The lowest BCUT2D eigenvalue weighted by atomic mass is 10.2. The molecule has 0 bridgehead atoms. The number of methoxy groups -OCH3 is 2. The van der Waals surface area contributed by atoms with Crippen LogP contribution in [-0.2, 0) is 9.47 Å². The molecule has 0 radical (unpaired) electrons. The maximum absolute atomic E-state index is 11.8. The second-order valence-corrected chi connectivity index (χ2v) is 5.12. The van der Waals surface area contributed by atoms with E-state index in [1.165, 1.54) is 14.0 Å². The van der Waals surface area contributed by atoms with Crippen molar-refractivity contribution in [1.29, 1.82) is 0 Å². The highest BCUT2D eigenvalue weighted by molar-refractivity contribution is 7.19. The van der Waals surface area contributed by atoms with Gasteiger partial charge in [0.2, 0.25) is 0 Å². The van der Waals surface area contributed by atoms with Gasteiger partial charge in [-0.25, -0.2) is 4.79 Å². The third-order valence-corrected chi connectivity index (χ3v) is 3.69. The largest absolute Gasteiger partial charge is 0.465 e. The van der Waals surface area contributed by atoms with Crippen LogP contribution in [0.4, 0.5) is 10.7 Å². The molecule has 7 heteroatoms. The summed E-state index contributed by atoms with van der Waals surface area (Å²) in [5.41, 5.74) is 6.22. The van der Waals surface area contributed by atoms with E-state index in [1.54, 1.807) is 7.11 Å². The average Bonchev–Trinajstić information content (AvgIpc) is 2.65. The number of hydrogen-bond donors (Lipinski definition) is 2. The van der Waals surface area contributed by atoms with Crippen molar-refractivity contribution in [2.24, 2.45) is 0 Å². The number of carbonyl (C=O) groups is 2. The maximum atomic E-state index is 11.8. The van der Waals surface area contributed by atoms with Crippen LogP contribution >= 0.6 is 11.3 Å². The molecular weight excluding hydrogens is 268 g/mol. The van der Waals surface area contributed by atoms with E-state index >= 15 is 0 Å². The lowest BCUT2D eigenvalue weighted by Crippen LogP contribution is -2.21. The molecular formula is C12H18N2O4S. The molecule has 1 unspecified atom stereocenters. The van der Waals surface area contributed by atoms with Crippen LogP contribution in [0.1, 0.15) is 33.9 Å². The number of ether oxygens (including phenoxy) is 2. The highest BCUT2D eigenvalue weighted by atomic mass is 32.1. The van der Waals surface area contributed by atoms with Crippen LogP contribution in [0, 0.1) is 0 Å². The second kappa shape index (κ2) is 6.53. The van der Waals surface area contributed by atoms with Gasteiger partial charge in [0.1, 0.15) is 10.6 Å². The van der Waals surface area contributed by atoms with Crippen molar-refractivity contribution in [1.82, 2.24) is 0 Å². The molecule has 0 aromatic carbocycles. The second-order valence-electron chi connectivity index (χ2n) is 4.10. The lowest BCUT2D eigenvalue weighted by molar-refractivity contribution is 0.0603. The summed E-state index contributed by atoms with van der Waals surface area (Å²) in [6.45, 7) is 3.77. The molecule has 1 rings (SSSR count). The van der Waals surface area contributed by atoms with Gasteiger partial charge in [-0.3, -0.25) is 4.79 Å². The van der Waals surface area contributed by atoms with Crippen LogP contribution in [0.25, 0.3) is 0 Å². The van der Waals surface area contributed by atoms with E-state index in [1.807, 2.05) is 6.92 Å². The number of nitrogens with one attached hydrogen (secondary N) is 1. The van der Waals surface area contributed by atoms with Gasteiger partial charge in [-0.1, -0.05) is 0 Å². The number of esters is 1. The van der Waals surface area contributed by atoms with Gasteiger partial charge in [0.15, 0.2) is 5.78 Å². The maximum Gasteiger partial charge on any atom is 0.343 e. The van der Waals surface area contributed by atoms with Crippen LogP contribution in [0.3, 0.4) is 0 Å². The summed E-state index contributed by atoms with van der Waals surface area (Å²) in [5.74, 6) is -0.742. The van der Waals surface area contributed by atoms with Crippen molar-refractivity contribution in [2.45, 2.75) is 19.9 Å². The molecule has 106 valence electrons. The quantitative estimate of drug-likeness (QED) is 0.612. The molecule has 1 atom stereocenters. The van der Waals surface area contributed by atoms with Crippen molar-refractivity contribution in [3.05, 3.63) is 10.4 Å². The first-order valence-corrected chi connectivity index (χ1v) is 6.51. The predicted molar refractivity (Wildman–Crippen MR) is 75.0 cm³/mol. The molecule has 19 heavy (non-hydrogen) atoms. The van der Waals surface area contributed by atoms with Crippen LogP contribution in [0.2, 0.25) is 0 Å². The summed E-state index contributed by atoms with van der Waals surface area (Å²) in [4.78, 5) is 23.6. The smallest absolute Gasteiger partial charge is 0.343 e. The van der Waals surface area contributed by atoms with E-state index in [4.69, 9.17) is 15.2 Å². The summed E-state index contributed by atoms with van der Waals surface area (Å²) in [6.07, 6.45) is 0. The van der Waals surface area contributed by atoms with Gasteiger partial charge in [0, 0.05) is 20.1 Å². The van der Waals surface area contributed by atoms with Gasteiger partial charge in [-0.05, 0) is 6.92 Å². The van der Waals surface area contributed by atoms with E-state index in [2.05, 4.69) is 5.32 Å². The highest BCUT2D eigenvalue weighted by Crippen LogP contribution is 2.36. The molecule has 0 aliphatic heterocycles. The summed E-state index contributed by atoms with van der Waals surface area (Å²) in [7, 11) is 2.86. The molecule has 0 aliphatic rings. The normalized spacial score (nSPS) is 12.0. The van der Waals surface area contributed by atoms with Crippen molar-refractivity contribution >= 4 is 33.8 Å². The molecule has 3 N–H and O–H groups in total. The number of ketones is 1. The first-order chi connectivity index (χ1) is 8.92. The number of nitrogen functional groups attached to an aromatic ring is 1. The average molecular weight is 286 g/mol. The summed E-state index contributed by atoms with van der Waals surface area (Å²) < 4.78 is 9.71. The van der Waals surface area contributed by atoms with Gasteiger partial charge in [-0.15, -0.1) is 11.3 Å². The standard InChI is InChI=1S/C12H18N2O4S/c1-6(5-17-3)14-11-8(12(16)18-4)9(13)10(19-11)7(2)15/h6,14H,5,13H2,1-4H3. The summed E-state index contributed by atoms with van der Waals surface area (Å²) in [6, 6.07) is -0.0220. The molecule has 0 saturated carbocycles. The van der Waals surface area contributed by atoms with Crippen molar-refractivity contribution in [3.63, 3.8) is 0 Å². The third-order valence-electron chi connectivity index (χ3n) is 2.45. The first-order valence-electron chi connectivity index (χ1n) is 5.69. The Kier molecular flexibility index (Phi) is 5.31. The molecule has 1 heterocycles. The molecule has 0 saturated heterocycles. The molecule has 1 aromatic heterocycles. The summed E-state index contributed by atoms with van der Waals surface area (Å²) >= 11 is 1.15. The Labute approximate surface area is 115 Å². The Balaban J connectivity index is 3.17. The fourth-order valence-electron chi connectivity index (χ4n) is 1.63. The predicted octanol–water partition coefficient (Wildman–Crippen LogP) is 1.77. The van der Waals surface area contributed by atoms with Gasteiger partial charge in [-0.2, -0.15) is 0 Å². The molecule has 0 amide bonds. The van der Waals surface area contributed by atoms with Crippen molar-refractivity contribution < 1.29 is 19.1 Å². The Morgan fingerprint density at radius 2 is 2.05 bits per heavy atom. The Hall–Kier alpha value is -1.60. The van der Waals surface area contributed by atoms with Crippen molar-refractivity contribution in [3.8, 4) is 0 Å². The third kappa shape index (κ3) is 3.45. The Morgan fingerprint density at radius 3 is 2.53 bits per heavy atom. The van der Waals surface area contributed by atoms with E-state index < -0.39 is 5.97 Å². The summed E-state index contributed by atoms with van der Waals surface area (Å²) in [5, 5.41) is 3.63. The fraction of sp³-hybridized carbons (Fsp3) is 0.500. The number of thiophene rings is 1. The Morgan fingerprint density at radius 1 is 1.42 bits per heavy atom.